The van der Waals surface area contributed by atoms with Crippen LogP contribution in [-0.4, -0.2) is 45.1 Å². The SMILES string of the molecule is O=C(CCN1C(=O)COc2ccccc21)Nc1nnc(-c2ccccn2)[nH]1. The lowest BCUT2D eigenvalue weighted by Crippen LogP contribution is -2.40. The molecule has 0 atom stereocenters. The van der Waals surface area contributed by atoms with Crippen LogP contribution in [0.5, 0.6) is 5.75 Å². The monoisotopic (exact) mass is 364 g/mol. The van der Waals surface area contributed by atoms with Gasteiger partial charge in [-0.15, -0.1) is 10.2 Å². The van der Waals surface area contributed by atoms with Crippen molar-refractivity contribution in [1.82, 2.24) is 20.2 Å². The average molecular weight is 364 g/mol. The molecule has 0 unspecified atom stereocenters. The number of nitrogens with zero attached hydrogens (tertiary/aromatic N) is 4. The van der Waals surface area contributed by atoms with Gasteiger partial charge in [-0.2, -0.15) is 0 Å². The Labute approximate surface area is 154 Å². The van der Waals surface area contributed by atoms with Crippen molar-refractivity contribution in [3.8, 4) is 17.3 Å². The Morgan fingerprint density at radius 2 is 2.04 bits per heavy atom. The summed E-state index contributed by atoms with van der Waals surface area (Å²) in [6, 6.07) is 12.7. The first-order valence-electron chi connectivity index (χ1n) is 8.37. The van der Waals surface area contributed by atoms with Crippen LogP contribution in [0.25, 0.3) is 11.5 Å². The second-order valence-corrected chi connectivity index (χ2v) is 5.84. The number of hydrogen-bond acceptors (Lipinski definition) is 6. The van der Waals surface area contributed by atoms with E-state index in [1.165, 1.54) is 0 Å². The van der Waals surface area contributed by atoms with E-state index < -0.39 is 0 Å². The molecular formula is C18H16N6O3. The van der Waals surface area contributed by atoms with Gasteiger partial charge in [0.25, 0.3) is 5.91 Å². The molecule has 0 radical (unpaired) electrons. The Morgan fingerprint density at radius 3 is 2.89 bits per heavy atom. The minimum Gasteiger partial charge on any atom is -0.482 e. The highest BCUT2D eigenvalue weighted by Crippen LogP contribution is 2.31. The Morgan fingerprint density at radius 1 is 1.19 bits per heavy atom. The summed E-state index contributed by atoms with van der Waals surface area (Å²) >= 11 is 0. The molecule has 0 saturated carbocycles. The average Bonchev–Trinajstić information content (AvgIpc) is 3.16. The van der Waals surface area contributed by atoms with Gasteiger partial charge in [0, 0.05) is 19.2 Å². The summed E-state index contributed by atoms with van der Waals surface area (Å²) in [6.45, 7) is 0.209. The van der Waals surface area contributed by atoms with Crippen molar-refractivity contribution in [2.45, 2.75) is 6.42 Å². The lowest BCUT2D eigenvalue weighted by Gasteiger charge is -2.29. The van der Waals surface area contributed by atoms with Crippen LogP contribution in [0.4, 0.5) is 11.6 Å². The lowest BCUT2D eigenvalue weighted by molar-refractivity contribution is -0.121. The Bertz CT molecular complexity index is 972. The number of hydrogen-bond donors (Lipinski definition) is 2. The fourth-order valence-corrected chi connectivity index (χ4v) is 2.74. The summed E-state index contributed by atoms with van der Waals surface area (Å²) in [6.07, 6.45) is 1.76. The molecule has 0 fully saturated rings. The summed E-state index contributed by atoms with van der Waals surface area (Å²) < 4.78 is 5.39. The van der Waals surface area contributed by atoms with E-state index in [1.54, 1.807) is 35.4 Å². The third-order valence-corrected chi connectivity index (χ3v) is 4.02. The molecule has 3 aromatic rings. The van der Waals surface area contributed by atoms with Gasteiger partial charge < -0.3 is 14.6 Å². The largest absolute Gasteiger partial charge is 0.482 e. The standard InChI is InChI=1S/C18H16N6O3/c25-15(20-18-21-17(22-23-18)12-5-3-4-9-19-12)8-10-24-13-6-1-2-7-14(13)27-11-16(24)26/h1-7,9H,8,10-11H2,(H2,20,21,22,23,25). The highest BCUT2D eigenvalue weighted by atomic mass is 16.5. The summed E-state index contributed by atoms with van der Waals surface area (Å²) in [5, 5.41) is 10.5. The molecule has 0 spiro atoms. The maximum atomic E-state index is 12.2. The molecule has 3 heterocycles. The van der Waals surface area contributed by atoms with Crippen LogP contribution in [-0.2, 0) is 9.59 Å². The van der Waals surface area contributed by atoms with Gasteiger partial charge in [-0.25, -0.2) is 0 Å². The normalized spacial score (nSPS) is 13.0. The number of H-pyrrole nitrogens is 1. The number of aromatic amines is 1. The number of fused-ring (bicyclic) bond motifs is 1. The number of para-hydroxylation sites is 2. The summed E-state index contributed by atoms with van der Waals surface area (Å²) in [7, 11) is 0. The van der Waals surface area contributed by atoms with E-state index in [9.17, 15) is 9.59 Å². The van der Waals surface area contributed by atoms with Gasteiger partial charge in [-0.3, -0.25) is 19.9 Å². The highest BCUT2D eigenvalue weighted by molar-refractivity contribution is 5.99. The zero-order valence-electron chi connectivity index (χ0n) is 14.3. The fraction of sp³-hybridized carbons (Fsp3) is 0.167. The predicted molar refractivity (Wildman–Crippen MR) is 97.2 cm³/mol. The van der Waals surface area contributed by atoms with Crippen molar-refractivity contribution < 1.29 is 14.3 Å². The second-order valence-electron chi connectivity index (χ2n) is 5.84. The zero-order chi connectivity index (χ0) is 18.6. The van der Waals surface area contributed by atoms with Gasteiger partial charge >= 0.3 is 0 Å². The van der Waals surface area contributed by atoms with Crippen LogP contribution in [0.1, 0.15) is 6.42 Å². The van der Waals surface area contributed by atoms with Crippen molar-refractivity contribution in [1.29, 1.82) is 0 Å². The van der Waals surface area contributed by atoms with E-state index >= 15 is 0 Å². The molecule has 0 bridgehead atoms. The number of carbonyl (C=O) groups is 2. The van der Waals surface area contributed by atoms with Gasteiger partial charge in [0.2, 0.25) is 11.9 Å². The quantitative estimate of drug-likeness (QED) is 0.711. The van der Waals surface area contributed by atoms with E-state index in [-0.39, 0.29) is 37.3 Å². The minimum absolute atomic E-state index is 0.0336. The maximum absolute atomic E-state index is 12.2. The number of rotatable bonds is 5. The summed E-state index contributed by atoms with van der Waals surface area (Å²) in [4.78, 5) is 33.0. The van der Waals surface area contributed by atoms with Crippen molar-refractivity contribution in [3.05, 3.63) is 48.7 Å². The number of pyridine rings is 1. The molecule has 1 aliphatic rings. The Kier molecular flexibility index (Phi) is 4.48. The lowest BCUT2D eigenvalue weighted by atomic mass is 10.2. The predicted octanol–water partition coefficient (Wildman–Crippen LogP) is 1.62. The highest BCUT2D eigenvalue weighted by Gasteiger charge is 2.25. The van der Waals surface area contributed by atoms with Gasteiger partial charge in [-0.05, 0) is 24.3 Å². The maximum Gasteiger partial charge on any atom is 0.265 e. The first-order valence-corrected chi connectivity index (χ1v) is 8.37. The molecule has 27 heavy (non-hydrogen) atoms. The molecule has 0 aliphatic carbocycles. The topological polar surface area (TPSA) is 113 Å². The van der Waals surface area contributed by atoms with Gasteiger partial charge in [0.15, 0.2) is 12.4 Å². The Hall–Kier alpha value is -3.75. The van der Waals surface area contributed by atoms with Crippen LogP contribution in [0.15, 0.2) is 48.7 Å². The van der Waals surface area contributed by atoms with E-state index in [0.29, 0.717) is 23.0 Å². The molecule has 1 aromatic carbocycles. The van der Waals surface area contributed by atoms with Crippen LogP contribution in [0.3, 0.4) is 0 Å². The van der Waals surface area contributed by atoms with Gasteiger partial charge in [0.05, 0.1) is 5.69 Å². The number of carbonyl (C=O) groups excluding carboxylic acids is 2. The summed E-state index contributed by atoms with van der Waals surface area (Å²) in [5.74, 6) is 0.861. The number of benzene rings is 1. The third kappa shape index (κ3) is 3.61. The molecule has 2 amide bonds. The first kappa shape index (κ1) is 16.7. The van der Waals surface area contributed by atoms with Crippen molar-refractivity contribution in [2.24, 2.45) is 0 Å². The van der Waals surface area contributed by atoms with Crippen molar-refractivity contribution in [2.75, 3.05) is 23.4 Å². The van der Waals surface area contributed by atoms with Gasteiger partial charge in [-0.1, -0.05) is 18.2 Å². The number of nitrogens with one attached hydrogen (secondary N) is 2. The first-order chi connectivity index (χ1) is 13.2. The molecule has 136 valence electrons. The molecule has 9 nitrogen and oxygen atoms in total. The number of amides is 2. The van der Waals surface area contributed by atoms with Crippen LogP contribution in [0.2, 0.25) is 0 Å². The molecule has 2 aromatic heterocycles. The summed E-state index contributed by atoms with van der Waals surface area (Å²) in [5.41, 5.74) is 1.29. The van der Waals surface area contributed by atoms with Crippen LogP contribution in [0, 0.1) is 0 Å². The van der Waals surface area contributed by atoms with Crippen molar-refractivity contribution >= 4 is 23.5 Å². The van der Waals surface area contributed by atoms with E-state index in [1.807, 2.05) is 18.2 Å². The second kappa shape index (κ2) is 7.24. The number of aromatic nitrogens is 4. The molecule has 2 N–H and O–H groups in total. The molecule has 9 heteroatoms. The number of anilines is 2. The molecule has 0 saturated heterocycles. The minimum atomic E-state index is -0.282. The Balaban J connectivity index is 1.38. The number of ether oxygens (including phenoxy) is 1. The van der Waals surface area contributed by atoms with E-state index in [2.05, 4.69) is 25.5 Å². The van der Waals surface area contributed by atoms with Crippen LogP contribution < -0.4 is 15.0 Å². The smallest absolute Gasteiger partial charge is 0.265 e. The molecule has 4 rings (SSSR count). The zero-order valence-corrected chi connectivity index (χ0v) is 14.3. The molecule has 1 aliphatic heterocycles. The fourth-order valence-electron chi connectivity index (χ4n) is 2.74. The third-order valence-electron chi connectivity index (χ3n) is 4.02. The van der Waals surface area contributed by atoms with Crippen molar-refractivity contribution in [3.63, 3.8) is 0 Å². The van der Waals surface area contributed by atoms with Crippen LogP contribution >= 0.6 is 0 Å². The molecular weight excluding hydrogens is 348 g/mol. The van der Waals surface area contributed by atoms with E-state index in [4.69, 9.17) is 4.74 Å². The van der Waals surface area contributed by atoms with E-state index in [0.717, 1.165) is 0 Å². The van der Waals surface area contributed by atoms with Gasteiger partial charge in [0.1, 0.15) is 11.4 Å².